The van der Waals surface area contributed by atoms with Crippen LogP contribution in [0.3, 0.4) is 0 Å². The van der Waals surface area contributed by atoms with Crippen LogP contribution in [-0.4, -0.2) is 50.6 Å². The third kappa shape index (κ3) is 4.75. The van der Waals surface area contributed by atoms with Gasteiger partial charge in [-0.25, -0.2) is 17.5 Å². The standard InChI is InChI=1S/C19H28N2O5S2/c1-3-26-19(23)16-14-9-5-4-6-10-15(14)27-18(16)20-17(22)13-8-7-11-21(12-13)28(2,24)25/h13H,3-12H2,1-2H3,(H,20,22). The van der Waals surface area contributed by atoms with Crippen LogP contribution in [0.1, 0.15) is 59.8 Å². The number of hydrogen-bond donors (Lipinski definition) is 1. The lowest BCUT2D eigenvalue weighted by Crippen LogP contribution is -2.43. The monoisotopic (exact) mass is 428 g/mol. The number of fused-ring (bicyclic) bond motifs is 1. The summed E-state index contributed by atoms with van der Waals surface area (Å²) in [6.45, 7) is 2.68. The molecule has 0 saturated carbocycles. The molecule has 1 fully saturated rings. The highest BCUT2D eigenvalue weighted by molar-refractivity contribution is 7.88. The molecule has 7 nitrogen and oxygen atoms in total. The molecule has 1 amide bonds. The summed E-state index contributed by atoms with van der Waals surface area (Å²) in [7, 11) is -3.32. The molecule has 156 valence electrons. The Morgan fingerprint density at radius 2 is 1.96 bits per heavy atom. The number of nitrogens with zero attached hydrogens (tertiary/aromatic N) is 1. The number of rotatable bonds is 5. The number of hydrogen-bond acceptors (Lipinski definition) is 6. The van der Waals surface area contributed by atoms with Gasteiger partial charge in [-0.2, -0.15) is 0 Å². The molecular formula is C19H28N2O5S2. The van der Waals surface area contributed by atoms with Crippen molar-refractivity contribution in [2.75, 3.05) is 31.3 Å². The molecule has 0 radical (unpaired) electrons. The number of ether oxygens (including phenoxy) is 1. The van der Waals surface area contributed by atoms with Crippen LogP contribution >= 0.6 is 11.3 Å². The Kier molecular flexibility index (Phi) is 6.77. The predicted molar refractivity (Wildman–Crippen MR) is 109 cm³/mol. The van der Waals surface area contributed by atoms with E-state index >= 15 is 0 Å². The highest BCUT2D eigenvalue weighted by atomic mass is 32.2. The van der Waals surface area contributed by atoms with Gasteiger partial charge in [-0.1, -0.05) is 6.42 Å². The van der Waals surface area contributed by atoms with Crippen molar-refractivity contribution in [3.05, 3.63) is 16.0 Å². The first kappa shape index (κ1) is 21.3. The second kappa shape index (κ2) is 8.92. The molecule has 9 heteroatoms. The van der Waals surface area contributed by atoms with Crippen LogP contribution in [0.5, 0.6) is 0 Å². The second-order valence-corrected chi connectivity index (χ2v) is 10.5. The van der Waals surface area contributed by atoms with Gasteiger partial charge in [-0.3, -0.25) is 4.79 Å². The van der Waals surface area contributed by atoms with Crippen molar-refractivity contribution >= 4 is 38.2 Å². The summed E-state index contributed by atoms with van der Waals surface area (Å²) in [4.78, 5) is 26.6. The number of esters is 1. The number of amides is 1. The average Bonchev–Trinajstić information content (AvgIpc) is 2.82. The number of carbonyl (C=O) groups is 2. The first-order valence-corrected chi connectivity index (χ1v) is 12.6. The number of sulfonamides is 1. The van der Waals surface area contributed by atoms with Crippen molar-refractivity contribution in [2.45, 2.75) is 51.9 Å². The molecule has 1 aliphatic heterocycles. The fourth-order valence-corrected chi connectivity index (χ4v) is 6.11. The van der Waals surface area contributed by atoms with Crippen molar-refractivity contribution in [2.24, 2.45) is 5.92 Å². The van der Waals surface area contributed by atoms with Gasteiger partial charge in [-0.05, 0) is 51.0 Å². The van der Waals surface area contributed by atoms with Gasteiger partial charge in [0.15, 0.2) is 0 Å². The van der Waals surface area contributed by atoms with Gasteiger partial charge in [0.05, 0.1) is 24.3 Å². The van der Waals surface area contributed by atoms with Crippen LogP contribution in [-0.2, 0) is 32.4 Å². The summed E-state index contributed by atoms with van der Waals surface area (Å²) in [5.41, 5.74) is 1.51. The van der Waals surface area contributed by atoms with Gasteiger partial charge >= 0.3 is 5.97 Å². The number of nitrogens with one attached hydrogen (secondary N) is 1. The molecule has 2 heterocycles. The Morgan fingerprint density at radius 1 is 1.21 bits per heavy atom. The Balaban J connectivity index is 1.83. The first-order valence-electron chi connectivity index (χ1n) is 9.89. The SMILES string of the molecule is CCOC(=O)c1c(NC(=O)C2CCCN(S(C)(=O)=O)C2)sc2c1CCCCC2. The smallest absolute Gasteiger partial charge is 0.341 e. The molecule has 1 N–H and O–H groups in total. The normalized spacial score (nSPS) is 20.9. The van der Waals surface area contributed by atoms with Gasteiger partial charge < -0.3 is 10.1 Å². The van der Waals surface area contributed by atoms with Gasteiger partial charge in [0.2, 0.25) is 15.9 Å². The van der Waals surface area contributed by atoms with Crippen LogP contribution < -0.4 is 5.32 Å². The van der Waals surface area contributed by atoms with Crippen LogP contribution in [0, 0.1) is 5.92 Å². The Hall–Kier alpha value is -1.45. The quantitative estimate of drug-likeness (QED) is 0.575. The van der Waals surface area contributed by atoms with Gasteiger partial charge in [0.1, 0.15) is 5.00 Å². The Bertz CT molecular complexity index is 847. The summed E-state index contributed by atoms with van der Waals surface area (Å²) in [6.07, 6.45) is 7.42. The third-order valence-electron chi connectivity index (χ3n) is 5.36. The molecule has 1 unspecified atom stereocenters. The highest BCUT2D eigenvalue weighted by Crippen LogP contribution is 2.38. The maximum absolute atomic E-state index is 12.9. The molecule has 1 aromatic heterocycles. The van der Waals surface area contributed by atoms with Crippen molar-refractivity contribution in [3.8, 4) is 0 Å². The lowest BCUT2D eigenvalue weighted by atomic mass is 9.98. The van der Waals surface area contributed by atoms with E-state index in [1.54, 1.807) is 6.92 Å². The van der Waals surface area contributed by atoms with Gasteiger partial charge in [-0.15, -0.1) is 11.3 Å². The van der Waals surface area contributed by atoms with Crippen LogP contribution in [0.2, 0.25) is 0 Å². The summed E-state index contributed by atoms with van der Waals surface area (Å²) in [5.74, 6) is -1.03. The maximum Gasteiger partial charge on any atom is 0.341 e. The molecule has 3 rings (SSSR count). The summed E-state index contributed by atoms with van der Waals surface area (Å²) < 4.78 is 30.3. The van der Waals surface area contributed by atoms with E-state index in [4.69, 9.17) is 4.74 Å². The summed E-state index contributed by atoms with van der Waals surface area (Å²) in [6, 6.07) is 0. The maximum atomic E-state index is 12.9. The summed E-state index contributed by atoms with van der Waals surface area (Å²) >= 11 is 1.46. The molecular weight excluding hydrogens is 400 g/mol. The van der Waals surface area contributed by atoms with Crippen molar-refractivity contribution < 1.29 is 22.7 Å². The highest BCUT2D eigenvalue weighted by Gasteiger charge is 2.32. The molecule has 0 spiro atoms. The van der Waals surface area contributed by atoms with Crippen LogP contribution in [0.15, 0.2) is 0 Å². The van der Waals surface area contributed by atoms with Crippen molar-refractivity contribution in [1.29, 1.82) is 0 Å². The molecule has 1 aromatic rings. The summed E-state index contributed by atoms with van der Waals surface area (Å²) in [5, 5.41) is 3.47. The molecule has 2 aliphatic rings. The fourth-order valence-electron chi connectivity index (χ4n) is 3.92. The first-order chi connectivity index (χ1) is 13.3. The van der Waals surface area contributed by atoms with E-state index in [1.165, 1.54) is 21.9 Å². The van der Waals surface area contributed by atoms with Crippen molar-refractivity contribution in [3.63, 3.8) is 0 Å². The zero-order valence-corrected chi connectivity index (χ0v) is 18.1. The van der Waals surface area contributed by atoms with E-state index in [-0.39, 0.29) is 19.1 Å². The number of anilines is 1. The lowest BCUT2D eigenvalue weighted by molar-refractivity contribution is -0.120. The molecule has 28 heavy (non-hydrogen) atoms. The molecule has 1 saturated heterocycles. The van der Waals surface area contributed by atoms with Gasteiger partial charge in [0, 0.05) is 18.0 Å². The minimum atomic E-state index is -3.32. The fraction of sp³-hybridized carbons (Fsp3) is 0.684. The largest absolute Gasteiger partial charge is 0.462 e. The van der Waals surface area contributed by atoms with E-state index in [0.29, 0.717) is 30.0 Å². The van der Waals surface area contributed by atoms with Crippen LogP contribution in [0.4, 0.5) is 5.00 Å². The van der Waals surface area contributed by atoms with E-state index in [9.17, 15) is 18.0 Å². The minimum absolute atomic E-state index is 0.185. The molecule has 0 aromatic carbocycles. The Morgan fingerprint density at radius 3 is 2.68 bits per heavy atom. The lowest BCUT2D eigenvalue weighted by Gasteiger charge is -2.30. The molecule has 1 aliphatic carbocycles. The van der Waals surface area contributed by atoms with Gasteiger partial charge in [0.25, 0.3) is 0 Å². The zero-order valence-electron chi connectivity index (χ0n) is 16.5. The van der Waals surface area contributed by atoms with E-state index in [0.717, 1.165) is 42.5 Å². The molecule has 1 atom stereocenters. The second-order valence-electron chi connectivity index (χ2n) is 7.44. The minimum Gasteiger partial charge on any atom is -0.462 e. The zero-order chi connectivity index (χ0) is 20.3. The average molecular weight is 429 g/mol. The van der Waals surface area contributed by atoms with Crippen LogP contribution in [0.25, 0.3) is 0 Å². The number of carbonyl (C=O) groups excluding carboxylic acids is 2. The number of piperidine rings is 1. The van der Waals surface area contributed by atoms with E-state index in [1.807, 2.05) is 0 Å². The Labute approximate surface area is 170 Å². The molecule has 0 bridgehead atoms. The third-order valence-corrected chi connectivity index (χ3v) is 7.84. The van der Waals surface area contributed by atoms with Crippen molar-refractivity contribution in [1.82, 2.24) is 4.31 Å². The van der Waals surface area contributed by atoms with E-state index < -0.39 is 21.9 Å². The van der Waals surface area contributed by atoms with E-state index in [2.05, 4.69) is 5.32 Å². The predicted octanol–water partition coefficient (Wildman–Crippen LogP) is 2.80. The topological polar surface area (TPSA) is 92.8 Å². The number of thiophene rings is 1. The number of aryl methyl sites for hydroxylation is 1.